The normalized spacial score (nSPS) is 10.8. The molecule has 0 aliphatic heterocycles. The minimum atomic E-state index is 0.482. The van der Waals surface area contributed by atoms with E-state index in [1.807, 2.05) is 79.1 Å². The van der Waals surface area contributed by atoms with Crippen LogP contribution in [-0.4, -0.2) is 32.2 Å². The molecule has 0 saturated heterocycles. The minimum absolute atomic E-state index is 0.482. The number of nitrogens with one attached hydrogen (secondary N) is 4. The highest BCUT2D eigenvalue weighted by molar-refractivity contribution is 7.80. The Morgan fingerprint density at radius 1 is 0.781 bits per heavy atom. The Morgan fingerprint density at radius 2 is 1.38 bits per heavy atom. The van der Waals surface area contributed by atoms with Crippen LogP contribution in [0.5, 0.6) is 5.75 Å². The van der Waals surface area contributed by atoms with Crippen molar-refractivity contribution in [1.82, 2.24) is 19.9 Å². The molecule has 32 heavy (non-hydrogen) atoms. The number of hydrogen-bond donors (Lipinski definition) is 4. The van der Waals surface area contributed by atoms with Gasteiger partial charge in [-0.3, -0.25) is 0 Å². The molecule has 3 heterocycles. The maximum absolute atomic E-state index is 5.47. The number of benzene rings is 2. The van der Waals surface area contributed by atoms with E-state index in [0.29, 0.717) is 5.11 Å². The average Bonchev–Trinajstić information content (AvgIpc) is 3.53. The largest absolute Gasteiger partial charge is 0.497 e. The highest BCUT2D eigenvalue weighted by Crippen LogP contribution is 2.30. The smallest absolute Gasteiger partial charge is 0.175 e. The maximum atomic E-state index is 5.47. The Balaban J connectivity index is 1.44. The summed E-state index contributed by atoms with van der Waals surface area (Å²) < 4.78 is 5.19. The summed E-state index contributed by atoms with van der Waals surface area (Å²) in [5.41, 5.74) is 6.64. The molecule has 0 amide bonds. The van der Waals surface area contributed by atoms with Crippen molar-refractivity contribution in [2.24, 2.45) is 0 Å². The van der Waals surface area contributed by atoms with Gasteiger partial charge in [-0.1, -0.05) is 0 Å². The number of H-pyrrole nitrogens is 2. The molecule has 0 fully saturated rings. The van der Waals surface area contributed by atoms with Gasteiger partial charge in [-0.15, -0.1) is 0 Å². The van der Waals surface area contributed by atoms with Crippen LogP contribution in [-0.2, 0) is 0 Å². The highest BCUT2D eigenvalue weighted by atomic mass is 32.1. The Hall–Kier alpha value is -4.17. The Kier molecular flexibility index (Phi) is 5.27. The fourth-order valence-electron chi connectivity index (χ4n) is 3.43. The second kappa shape index (κ2) is 8.52. The minimum Gasteiger partial charge on any atom is -0.497 e. The number of hydrogen-bond acceptors (Lipinski definition) is 4. The topological polar surface area (TPSA) is 90.6 Å². The Bertz CT molecular complexity index is 1360. The second-order valence-corrected chi connectivity index (χ2v) is 7.51. The molecule has 0 aliphatic rings. The van der Waals surface area contributed by atoms with E-state index in [0.717, 1.165) is 50.9 Å². The van der Waals surface area contributed by atoms with Crippen LogP contribution in [0.2, 0.25) is 0 Å². The molecule has 0 aliphatic carbocycles. The van der Waals surface area contributed by atoms with Crippen LogP contribution in [0.4, 0.5) is 11.4 Å². The van der Waals surface area contributed by atoms with Gasteiger partial charge in [0, 0.05) is 23.8 Å². The van der Waals surface area contributed by atoms with Crippen LogP contribution in [0.1, 0.15) is 0 Å². The molecule has 5 aromatic rings. The zero-order valence-electron chi connectivity index (χ0n) is 17.2. The molecule has 0 unspecified atom stereocenters. The van der Waals surface area contributed by atoms with Gasteiger partial charge in [-0.25, -0.2) is 9.97 Å². The summed E-state index contributed by atoms with van der Waals surface area (Å²) in [7, 11) is 1.64. The van der Waals surface area contributed by atoms with E-state index in [-0.39, 0.29) is 0 Å². The summed E-state index contributed by atoms with van der Waals surface area (Å²) in [5, 5.41) is 6.87. The van der Waals surface area contributed by atoms with Gasteiger partial charge >= 0.3 is 0 Å². The van der Waals surface area contributed by atoms with Gasteiger partial charge < -0.3 is 25.3 Å². The molecule has 3 aromatic heterocycles. The van der Waals surface area contributed by atoms with Crippen molar-refractivity contribution in [3.8, 4) is 28.5 Å². The summed E-state index contributed by atoms with van der Waals surface area (Å²) >= 11 is 5.47. The number of rotatable bonds is 5. The number of aromatic amines is 2. The van der Waals surface area contributed by atoms with Crippen molar-refractivity contribution in [3.05, 3.63) is 79.1 Å². The van der Waals surface area contributed by atoms with Gasteiger partial charge in [0.2, 0.25) is 0 Å². The van der Waals surface area contributed by atoms with E-state index in [1.54, 1.807) is 7.11 Å². The van der Waals surface area contributed by atoms with Crippen molar-refractivity contribution in [2.45, 2.75) is 0 Å². The molecule has 5 rings (SSSR count). The molecular weight excluding hydrogens is 420 g/mol. The Morgan fingerprint density at radius 3 is 1.97 bits per heavy atom. The van der Waals surface area contributed by atoms with Crippen molar-refractivity contribution in [1.29, 1.82) is 0 Å². The zero-order chi connectivity index (χ0) is 21.9. The molecule has 4 N–H and O–H groups in total. The monoisotopic (exact) mass is 440 g/mol. The number of ether oxygens (including phenoxy) is 1. The SMILES string of the molecule is COc1ccc(NC(=S)Nc2ccc3nc(-c4ccc[nH]4)c(-c4ccc[nH]4)nc3c2)cc1. The number of fused-ring (bicyclic) bond motifs is 1. The third-order valence-electron chi connectivity index (χ3n) is 4.98. The first kappa shape index (κ1) is 19.8. The molecule has 8 heteroatoms. The summed E-state index contributed by atoms with van der Waals surface area (Å²) in [5.74, 6) is 0.791. The molecule has 0 atom stereocenters. The van der Waals surface area contributed by atoms with E-state index in [9.17, 15) is 0 Å². The second-order valence-electron chi connectivity index (χ2n) is 7.10. The first-order valence-electron chi connectivity index (χ1n) is 10.0. The van der Waals surface area contributed by atoms with Crippen LogP contribution in [0, 0.1) is 0 Å². The summed E-state index contributed by atoms with van der Waals surface area (Å²) in [6.07, 6.45) is 3.75. The van der Waals surface area contributed by atoms with E-state index in [2.05, 4.69) is 20.6 Å². The lowest BCUT2D eigenvalue weighted by molar-refractivity contribution is 0.415. The number of aromatic nitrogens is 4. The fraction of sp³-hybridized carbons (Fsp3) is 0.0417. The number of methoxy groups -OCH3 is 1. The Labute approximate surface area is 189 Å². The molecule has 7 nitrogen and oxygen atoms in total. The third-order valence-corrected chi connectivity index (χ3v) is 5.18. The predicted octanol–water partition coefficient (Wildman–Crippen LogP) is 5.44. The highest BCUT2D eigenvalue weighted by Gasteiger charge is 2.15. The third kappa shape index (κ3) is 4.03. The fourth-order valence-corrected chi connectivity index (χ4v) is 3.67. The van der Waals surface area contributed by atoms with Crippen molar-refractivity contribution >= 4 is 39.7 Å². The summed E-state index contributed by atoms with van der Waals surface area (Å²) in [4.78, 5) is 16.2. The molecular formula is C24H20N6OS. The molecule has 158 valence electrons. The van der Waals surface area contributed by atoms with Gasteiger partial charge in [0.15, 0.2) is 5.11 Å². The maximum Gasteiger partial charge on any atom is 0.175 e. The van der Waals surface area contributed by atoms with Crippen molar-refractivity contribution in [2.75, 3.05) is 17.7 Å². The zero-order valence-corrected chi connectivity index (χ0v) is 18.0. The molecule has 0 radical (unpaired) electrons. The number of anilines is 2. The molecule has 0 spiro atoms. The van der Waals surface area contributed by atoms with Gasteiger partial charge in [-0.05, 0) is 78.9 Å². The van der Waals surface area contributed by atoms with Crippen LogP contribution in [0.15, 0.2) is 79.1 Å². The van der Waals surface area contributed by atoms with Crippen LogP contribution in [0.25, 0.3) is 33.8 Å². The average molecular weight is 441 g/mol. The van der Waals surface area contributed by atoms with Gasteiger partial charge in [-0.2, -0.15) is 0 Å². The summed E-state index contributed by atoms with van der Waals surface area (Å²) in [6.45, 7) is 0. The molecule has 2 aromatic carbocycles. The van der Waals surface area contributed by atoms with Crippen LogP contribution < -0.4 is 15.4 Å². The first-order valence-corrected chi connectivity index (χ1v) is 10.4. The van der Waals surface area contributed by atoms with E-state index in [4.69, 9.17) is 26.9 Å². The van der Waals surface area contributed by atoms with Gasteiger partial charge in [0.25, 0.3) is 0 Å². The van der Waals surface area contributed by atoms with Crippen molar-refractivity contribution < 1.29 is 4.74 Å². The molecule has 0 bridgehead atoms. The van der Waals surface area contributed by atoms with Crippen LogP contribution in [0.3, 0.4) is 0 Å². The first-order chi connectivity index (χ1) is 15.7. The van der Waals surface area contributed by atoms with E-state index < -0.39 is 0 Å². The summed E-state index contributed by atoms with van der Waals surface area (Å²) in [6, 6.07) is 21.2. The van der Waals surface area contributed by atoms with Gasteiger partial charge in [0.1, 0.15) is 17.1 Å². The predicted molar refractivity (Wildman–Crippen MR) is 132 cm³/mol. The standard InChI is InChI=1S/C24H20N6OS/c1-31-17-9-6-15(7-10-17)27-24(32)28-16-8-11-18-21(14-16)30-23(20-5-3-13-26-20)22(29-18)19-4-2-12-25-19/h2-14,25-26H,1H3,(H2,27,28,32). The van der Waals surface area contributed by atoms with E-state index >= 15 is 0 Å². The number of nitrogens with zero attached hydrogens (tertiary/aromatic N) is 2. The number of thiocarbonyl (C=S) groups is 1. The van der Waals surface area contributed by atoms with Crippen molar-refractivity contribution in [3.63, 3.8) is 0 Å². The van der Waals surface area contributed by atoms with Crippen LogP contribution >= 0.6 is 12.2 Å². The van der Waals surface area contributed by atoms with E-state index in [1.165, 1.54) is 0 Å². The lowest BCUT2D eigenvalue weighted by Crippen LogP contribution is -2.19. The molecule has 0 saturated carbocycles. The lowest BCUT2D eigenvalue weighted by atomic mass is 10.1. The lowest BCUT2D eigenvalue weighted by Gasteiger charge is -2.12. The van der Waals surface area contributed by atoms with Gasteiger partial charge in [0.05, 0.1) is 29.5 Å². The quantitative estimate of drug-likeness (QED) is 0.272.